The van der Waals surface area contributed by atoms with E-state index in [2.05, 4.69) is 0 Å². The molecule has 4 nitrogen and oxygen atoms in total. The number of Topliss-reactive ketones (excluding diaryl/α,β-unsaturated/α-hetero) is 1. The molecule has 1 fully saturated rings. The molecule has 1 saturated carbocycles. The molecule has 0 aromatic heterocycles. The van der Waals surface area contributed by atoms with Crippen LogP contribution < -0.4 is 0 Å². The van der Waals surface area contributed by atoms with Gasteiger partial charge < -0.3 is 9.47 Å². The fourth-order valence-corrected chi connectivity index (χ4v) is 3.36. The maximum Gasteiger partial charge on any atom is 0.309 e. The van der Waals surface area contributed by atoms with Crippen molar-refractivity contribution in [2.45, 2.75) is 47.1 Å². The van der Waals surface area contributed by atoms with Crippen LogP contribution in [0.15, 0.2) is 0 Å². The number of carbonyl (C=O) groups excluding carboxylic acids is 2. The standard InChI is InChI=1S/C15H26O4/c1-9-10(11(16)18-7)13(2,3)14(4,5)12(17)15(9,6)19-8/h9-10H,1-8H3/t9?,10?,15-/m1/s1. The van der Waals surface area contributed by atoms with Crippen LogP contribution in [0.2, 0.25) is 0 Å². The summed E-state index contributed by atoms with van der Waals surface area (Å²) in [5, 5.41) is 0. The molecule has 0 heterocycles. The van der Waals surface area contributed by atoms with Crippen LogP contribution in [0.1, 0.15) is 41.5 Å². The van der Waals surface area contributed by atoms with Crippen molar-refractivity contribution in [1.82, 2.24) is 0 Å². The third-order valence-electron chi connectivity index (χ3n) is 5.65. The summed E-state index contributed by atoms with van der Waals surface area (Å²) < 4.78 is 10.5. The molecule has 0 radical (unpaired) electrons. The molecule has 1 aliphatic carbocycles. The molecule has 1 rings (SSSR count). The zero-order valence-corrected chi connectivity index (χ0v) is 13.3. The Balaban J connectivity index is 3.47. The van der Waals surface area contributed by atoms with Crippen LogP contribution in [-0.2, 0) is 19.1 Å². The highest BCUT2D eigenvalue weighted by molar-refractivity contribution is 5.95. The lowest BCUT2D eigenvalue weighted by molar-refractivity contribution is -0.197. The SMILES string of the molecule is COC(=O)C1C(C)[C@@](C)(OC)C(=O)C(C)(C)C1(C)C. The minimum atomic E-state index is -0.960. The summed E-state index contributed by atoms with van der Waals surface area (Å²) in [5.74, 6) is -0.850. The van der Waals surface area contributed by atoms with E-state index in [-0.39, 0.29) is 23.6 Å². The Morgan fingerprint density at radius 3 is 1.95 bits per heavy atom. The highest BCUT2D eigenvalue weighted by atomic mass is 16.5. The Morgan fingerprint density at radius 2 is 1.58 bits per heavy atom. The molecule has 110 valence electrons. The van der Waals surface area contributed by atoms with Crippen LogP contribution in [0, 0.1) is 22.7 Å². The monoisotopic (exact) mass is 270 g/mol. The minimum Gasteiger partial charge on any atom is -0.469 e. The second-order valence-corrected chi connectivity index (χ2v) is 6.78. The first-order chi connectivity index (χ1) is 8.48. The van der Waals surface area contributed by atoms with Gasteiger partial charge in [0.05, 0.1) is 13.0 Å². The van der Waals surface area contributed by atoms with Crippen LogP contribution in [0.5, 0.6) is 0 Å². The van der Waals surface area contributed by atoms with Crippen molar-refractivity contribution in [1.29, 1.82) is 0 Å². The molecule has 0 N–H and O–H groups in total. The van der Waals surface area contributed by atoms with Crippen LogP contribution in [-0.4, -0.2) is 31.6 Å². The van der Waals surface area contributed by atoms with E-state index < -0.39 is 16.4 Å². The fourth-order valence-electron chi connectivity index (χ4n) is 3.36. The van der Waals surface area contributed by atoms with Gasteiger partial charge in [-0.2, -0.15) is 0 Å². The third kappa shape index (κ3) is 1.92. The Kier molecular flexibility index (Phi) is 3.90. The van der Waals surface area contributed by atoms with Crippen molar-refractivity contribution < 1.29 is 19.1 Å². The third-order valence-corrected chi connectivity index (χ3v) is 5.65. The van der Waals surface area contributed by atoms with Gasteiger partial charge in [0, 0.05) is 18.4 Å². The zero-order valence-electron chi connectivity index (χ0n) is 13.3. The zero-order chi connectivity index (χ0) is 15.2. The number of esters is 1. The molecule has 0 bridgehead atoms. The van der Waals surface area contributed by atoms with Gasteiger partial charge in [0.2, 0.25) is 0 Å². The lowest BCUT2D eigenvalue weighted by Crippen LogP contribution is -2.66. The first-order valence-corrected chi connectivity index (χ1v) is 6.66. The predicted octanol–water partition coefficient (Wildman–Crippen LogP) is 2.45. The second-order valence-electron chi connectivity index (χ2n) is 6.78. The maximum absolute atomic E-state index is 12.8. The highest BCUT2D eigenvalue weighted by Gasteiger charge is 2.65. The van der Waals surface area contributed by atoms with E-state index in [1.807, 2.05) is 34.6 Å². The Morgan fingerprint density at radius 1 is 1.11 bits per heavy atom. The van der Waals surface area contributed by atoms with Crippen molar-refractivity contribution in [3.63, 3.8) is 0 Å². The molecule has 3 atom stereocenters. The summed E-state index contributed by atoms with van der Waals surface area (Å²) in [6.45, 7) is 11.3. The normalized spacial score (nSPS) is 36.9. The molecule has 0 aliphatic heterocycles. The Hall–Kier alpha value is -0.900. The van der Waals surface area contributed by atoms with E-state index in [0.717, 1.165) is 0 Å². The lowest BCUT2D eigenvalue weighted by Gasteiger charge is -2.57. The molecule has 19 heavy (non-hydrogen) atoms. The van der Waals surface area contributed by atoms with E-state index in [1.54, 1.807) is 6.92 Å². The van der Waals surface area contributed by atoms with E-state index in [4.69, 9.17) is 9.47 Å². The molecule has 0 aromatic carbocycles. The Bertz CT molecular complexity index is 390. The van der Waals surface area contributed by atoms with Gasteiger partial charge in [-0.05, 0) is 12.3 Å². The first-order valence-electron chi connectivity index (χ1n) is 6.66. The van der Waals surface area contributed by atoms with Gasteiger partial charge in [-0.1, -0.05) is 34.6 Å². The smallest absolute Gasteiger partial charge is 0.309 e. The van der Waals surface area contributed by atoms with Crippen molar-refractivity contribution in [2.75, 3.05) is 14.2 Å². The summed E-state index contributed by atoms with van der Waals surface area (Å²) >= 11 is 0. The average Bonchev–Trinajstić information content (AvgIpc) is 2.34. The van der Waals surface area contributed by atoms with Crippen LogP contribution in [0.25, 0.3) is 0 Å². The number of ether oxygens (including phenoxy) is 2. The van der Waals surface area contributed by atoms with E-state index in [9.17, 15) is 9.59 Å². The second kappa shape index (κ2) is 4.58. The molecular formula is C15H26O4. The predicted molar refractivity (Wildman–Crippen MR) is 72.7 cm³/mol. The van der Waals surface area contributed by atoms with E-state index in [0.29, 0.717) is 0 Å². The van der Waals surface area contributed by atoms with Gasteiger partial charge in [-0.15, -0.1) is 0 Å². The molecular weight excluding hydrogens is 244 g/mol. The first kappa shape index (κ1) is 16.2. The van der Waals surface area contributed by atoms with Crippen molar-refractivity contribution in [2.24, 2.45) is 22.7 Å². The molecule has 0 saturated heterocycles. The summed E-state index contributed by atoms with van der Waals surface area (Å²) in [7, 11) is 2.91. The number of carbonyl (C=O) groups is 2. The number of hydrogen-bond donors (Lipinski definition) is 0. The van der Waals surface area contributed by atoms with Crippen LogP contribution in [0.3, 0.4) is 0 Å². The van der Waals surface area contributed by atoms with Crippen molar-refractivity contribution in [3.05, 3.63) is 0 Å². The van der Waals surface area contributed by atoms with E-state index >= 15 is 0 Å². The largest absolute Gasteiger partial charge is 0.469 e. The minimum absolute atomic E-state index is 0.0418. The summed E-state index contributed by atoms with van der Waals surface area (Å²) in [6.07, 6.45) is 0. The van der Waals surface area contributed by atoms with Crippen LogP contribution >= 0.6 is 0 Å². The fraction of sp³-hybridized carbons (Fsp3) is 0.867. The van der Waals surface area contributed by atoms with Crippen molar-refractivity contribution >= 4 is 11.8 Å². The molecule has 0 spiro atoms. The van der Waals surface area contributed by atoms with Gasteiger partial charge in [-0.3, -0.25) is 9.59 Å². The van der Waals surface area contributed by atoms with E-state index in [1.165, 1.54) is 14.2 Å². The maximum atomic E-state index is 12.8. The molecule has 0 aromatic rings. The molecule has 2 unspecified atom stereocenters. The number of methoxy groups -OCH3 is 2. The summed E-state index contributed by atoms with van der Waals surface area (Å²) in [5.41, 5.74) is -2.12. The highest BCUT2D eigenvalue weighted by Crippen LogP contribution is 2.57. The van der Waals surface area contributed by atoms with Gasteiger partial charge in [0.25, 0.3) is 0 Å². The topological polar surface area (TPSA) is 52.6 Å². The van der Waals surface area contributed by atoms with Crippen molar-refractivity contribution in [3.8, 4) is 0 Å². The number of hydrogen-bond acceptors (Lipinski definition) is 4. The van der Waals surface area contributed by atoms with Gasteiger partial charge in [-0.25, -0.2) is 0 Å². The number of rotatable bonds is 2. The van der Waals surface area contributed by atoms with Gasteiger partial charge in [0.1, 0.15) is 5.60 Å². The van der Waals surface area contributed by atoms with Gasteiger partial charge in [0.15, 0.2) is 5.78 Å². The average molecular weight is 270 g/mol. The molecule has 1 aliphatic rings. The molecule has 4 heteroatoms. The summed E-state index contributed by atoms with van der Waals surface area (Å²) in [6, 6.07) is 0. The van der Waals surface area contributed by atoms with Crippen LogP contribution in [0.4, 0.5) is 0 Å². The summed E-state index contributed by atoms with van der Waals surface area (Å²) in [4.78, 5) is 25.0. The molecule has 0 amide bonds. The Labute approximate surface area is 115 Å². The van der Waals surface area contributed by atoms with Gasteiger partial charge >= 0.3 is 5.97 Å². The quantitative estimate of drug-likeness (QED) is 0.723. The number of ketones is 1. The lowest BCUT2D eigenvalue weighted by atomic mass is 9.47.